The zero-order valence-electron chi connectivity index (χ0n) is 18.4. The highest BCUT2D eigenvalue weighted by molar-refractivity contribution is 5.93. The number of carbonyl (C=O) groups excluding carboxylic acids is 1. The van der Waals surface area contributed by atoms with Crippen LogP contribution in [-0.4, -0.2) is 62.4 Å². The van der Waals surface area contributed by atoms with Crippen molar-refractivity contribution in [1.82, 2.24) is 10.2 Å². The van der Waals surface area contributed by atoms with Crippen molar-refractivity contribution in [2.75, 3.05) is 39.2 Å². The molecule has 2 N–H and O–H groups in total. The predicted octanol–water partition coefficient (Wildman–Crippen LogP) is 3.48. The van der Waals surface area contributed by atoms with E-state index in [1.807, 2.05) is 45.9 Å². The van der Waals surface area contributed by atoms with Gasteiger partial charge in [0.25, 0.3) is 0 Å². The highest BCUT2D eigenvalue weighted by Crippen LogP contribution is 2.30. The number of anilines is 1. The fourth-order valence-corrected chi connectivity index (χ4v) is 2.76. The van der Waals surface area contributed by atoms with Crippen molar-refractivity contribution in [3.63, 3.8) is 0 Å². The van der Waals surface area contributed by atoms with Crippen LogP contribution in [0.4, 0.5) is 10.5 Å². The lowest BCUT2D eigenvalue weighted by Gasteiger charge is -2.27. The number of benzene rings is 1. The lowest BCUT2D eigenvalue weighted by molar-refractivity contribution is 0.0238. The van der Waals surface area contributed by atoms with Gasteiger partial charge in [-0.2, -0.15) is 0 Å². The Hall–Kier alpha value is -2.64. The van der Waals surface area contributed by atoms with E-state index in [-0.39, 0.29) is 12.1 Å². The molecule has 1 amide bonds. The first-order valence-electron chi connectivity index (χ1n) is 10.1. The van der Waals surface area contributed by atoms with Crippen LogP contribution in [0.2, 0.25) is 0 Å². The SMILES string of the molecule is CCOc1cc(NC(=NC)NCCN(C(=O)OC(C)(C)C)C2CC2)ccc1OC. The summed E-state index contributed by atoms with van der Waals surface area (Å²) < 4.78 is 16.5. The Kier molecular flexibility index (Phi) is 7.99. The van der Waals surface area contributed by atoms with E-state index < -0.39 is 5.60 Å². The van der Waals surface area contributed by atoms with E-state index in [1.165, 1.54) is 0 Å². The van der Waals surface area contributed by atoms with E-state index in [1.54, 1.807) is 19.1 Å². The summed E-state index contributed by atoms with van der Waals surface area (Å²) in [6.45, 7) is 9.23. The molecule has 8 heteroatoms. The summed E-state index contributed by atoms with van der Waals surface area (Å²) in [5.41, 5.74) is 0.329. The highest BCUT2D eigenvalue weighted by atomic mass is 16.6. The Bertz CT molecular complexity index is 711. The number of ether oxygens (including phenoxy) is 3. The predicted molar refractivity (Wildman–Crippen MR) is 115 cm³/mol. The molecular formula is C21H34N4O4. The van der Waals surface area contributed by atoms with Crippen LogP contribution >= 0.6 is 0 Å². The molecule has 1 aromatic carbocycles. The van der Waals surface area contributed by atoms with Gasteiger partial charge in [-0.15, -0.1) is 0 Å². The molecule has 0 unspecified atom stereocenters. The Balaban J connectivity index is 1.91. The van der Waals surface area contributed by atoms with Crippen molar-refractivity contribution in [3.8, 4) is 11.5 Å². The summed E-state index contributed by atoms with van der Waals surface area (Å²) in [6, 6.07) is 5.88. The Morgan fingerprint density at radius 2 is 2.00 bits per heavy atom. The fourth-order valence-electron chi connectivity index (χ4n) is 2.76. The number of methoxy groups -OCH3 is 1. The van der Waals surface area contributed by atoms with E-state index in [9.17, 15) is 4.79 Å². The number of hydrogen-bond acceptors (Lipinski definition) is 5. The second-order valence-electron chi connectivity index (χ2n) is 7.83. The molecule has 0 saturated heterocycles. The summed E-state index contributed by atoms with van der Waals surface area (Å²) in [6.07, 6.45) is 1.79. The minimum atomic E-state index is -0.498. The van der Waals surface area contributed by atoms with Gasteiger partial charge in [-0.25, -0.2) is 4.79 Å². The van der Waals surface area contributed by atoms with Crippen molar-refractivity contribution < 1.29 is 19.0 Å². The molecule has 1 aliphatic rings. The molecule has 0 heterocycles. The van der Waals surface area contributed by atoms with Crippen LogP contribution in [0, 0.1) is 0 Å². The monoisotopic (exact) mass is 406 g/mol. The van der Waals surface area contributed by atoms with Gasteiger partial charge in [-0.3, -0.25) is 4.99 Å². The van der Waals surface area contributed by atoms with E-state index in [4.69, 9.17) is 14.2 Å². The van der Waals surface area contributed by atoms with Gasteiger partial charge in [0, 0.05) is 37.9 Å². The molecule has 1 aromatic rings. The molecule has 1 aliphatic carbocycles. The van der Waals surface area contributed by atoms with Crippen molar-refractivity contribution in [2.45, 2.75) is 52.2 Å². The first-order chi connectivity index (χ1) is 13.8. The van der Waals surface area contributed by atoms with Crippen LogP contribution in [0.5, 0.6) is 11.5 Å². The molecular weight excluding hydrogens is 372 g/mol. The van der Waals surface area contributed by atoms with Crippen LogP contribution in [0.15, 0.2) is 23.2 Å². The highest BCUT2D eigenvalue weighted by Gasteiger charge is 2.34. The van der Waals surface area contributed by atoms with Crippen LogP contribution < -0.4 is 20.1 Å². The second-order valence-corrected chi connectivity index (χ2v) is 7.83. The van der Waals surface area contributed by atoms with Gasteiger partial charge in [-0.1, -0.05) is 0 Å². The maximum atomic E-state index is 12.4. The first-order valence-corrected chi connectivity index (χ1v) is 10.1. The smallest absolute Gasteiger partial charge is 0.410 e. The third-order valence-corrected chi connectivity index (χ3v) is 4.21. The Morgan fingerprint density at radius 1 is 1.28 bits per heavy atom. The number of aliphatic imine (C=N–C) groups is 1. The number of nitrogens with one attached hydrogen (secondary N) is 2. The van der Waals surface area contributed by atoms with Gasteiger partial charge in [0.15, 0.2) is 17.5 Å². The number of nitrogens with zero attached hydrogens (tertiary/aromatic N) is 2. The molecule has 0 spiro atoms. The van der Waals surface area contributed by atoms with Gasteiger partial charge in [0.05, 0.1) is 13.7 Å². The summed E-state index contributed by atoms with van der Waals surface area (Å²) in [7, 11) is 3.32. The van der Waals surface area contributed by atoms with Crippen LogP contribution in [0.3, 0.4) is 0 Å². The lowest BCUT2D eigenvalue weighted by atomic mass is 10.2. The van der Waals surface area contributed by atoms with Gasteiger partial charge >= 0.3 is 6.09 Å². The molecule has 162 valence electrons. The average Bonchev–Trinajstić information content (AvgIpc) is 3.48. The van der Waals surface area contributed by atoms with Crippen molar-refractivity contribution >= 4 is 17.7 Å². The topological polar surface area (TPSA) is 84.4 Å². The lowest BCUT2D eigenvalue weighted by Crippen LogP contribution is -2.43. The molecule has 1 saturated carbocycles. The zero-order valence-corrected chi connectivity index (χ0v) is 18.4. The third kappa shape index (κ3) is 7.36. The molecule has 2 rings (SSSR count). The maximum Gasteiger partial charge on any atom is 0.410 e. The summed E-state index contributed by atoms with van der Waals surface area (Å²) in [4.78, 5) is 18.5. The van der Waals surface area contributed by atoms with E-state index >= 15 is 0 Å². The number of carbonyl (C=O) groups is 1. The summed E-state index contributed by atoms with van der Waals surface area (Å²) in [5.74, 6) is 1.95. The molecule has 0 radical (unpaired) electrons. The normalized spacial score (nSPS) is 14.2. The molecule has 0 aromatic heterocycles. The first kappa shape index (κ1) is 22.6. The minimum absolute atomic E-state index is 0.263. The number of hydrogen-bond donors (Lipinski definition) is 2. The van der Waals surface area contributed by atoms with Crippen molar-refractivity contribution in [2.24, 2.45) is 4.99 Å². The van der Waals surface area contributed by atoms with Crippen LogP contribution in [-0.2, 0) is 4.74 Å². The molecule has 0 aliphatic heterocycles. The third-order valence-electron chi connectivity index (χ3n) is 4.21. The zero-order chi connectivity index (χ0) is 21.4. The number of guanidine groups is 1. The van der Waals surface area contributed by atoms with Crippen molar-refractivity contribution in [1.29, 1.82) is 0 Å². The van der Waals surface area contributed by atoms with Crippen LogP contribution in [0.25, 0.3) is 0 Å². The van der Waals surface area contributed by atoms with Crippen LogP contribution in [0.1, 0.15) is 40.5 Å². The summed E-state index contributed by atoms with van der Waals surface area (Å²) >= 11 is 0. The molecule has 29 heavy (non-hydrogen) atoms. The van der Waals surface area contributed by atoms with E-state index in [2.05, 4.69) is 15.6 Å². The quantitative estimate of drug-likeness (QED) is 0.508. The van der Waals surface area contributed by atoms with Gasteiger partial charge in [0.1, 0.15) is 5.60 Å². The molecule has 8 nitrogen and oxygen atoms in total. The maximum absolute atomic E-state index is 12.4. The standard InChI is InChI=1S/C21H34N4O4/c1-7-28-18-14-15(8-11-17(18)27-6)24-19(22-5)23-12-13-25(16-9-10-16)20(26)29-21(2,3)4/h8,11,14,16H,7,9-10,12-13H2,1-6H3,(H2,22,23,24). The average molecular weight is 407 g/mol. The fraction of sp³-hybridized carbons (Fsp3) is 0.619. The van der Waals surface area contributed by atoms with Gasteiger partial charge in [0.2, 0.25) is 0 Å². The number of rotatable bonds is 8. The molecule has 1 fully saturated rings. The van der Waals surface area contributed by atoms with E-state index in [0.717, 1.165) is 18.5 Å². The van der Waals surface area contributed by atoms with Crippen molar-refractivity contribution in [3.05, 3.63) is 18.2 Å². The Morgan fingerprint density at radius 3 is 2.55 bits per heavy atom. The molecule has 0 atom stereocenters. The number of amides is 1. The largest absolute Gasteiger partial charge is 0.493 e. The minimum Gasteiger partial charge on any atom is -0.493 e. The van der Waals surface area contributed by atoms with Gasteiger partial charge < -0.3 is 29.7 Å². The van der Waals surface area contributed by atoms with Gasteiger partial charge in [-0.05, 0) is 52.7 Å². The Labute approximate surface area is 173 Å². The molecule has 0 bridgehead atoms. The second kappa shape index (κ2) is 10.2. The summed E-state index contributed by atoms with van der Waals surface area (Å²) in [5, 5.41) is 6.48. The van der Waals surface area contributed by atoms with E-state index in [0.29, 0.717) is 37.2 Å².